The smallest absolute Gasteiger partial charge is 0.326 e. The van der Waals surface area contributed by atoms with E-state index in [0.717, 1.165) is 0 Å². The molecular formula is C13H14N2O6. The van der Waals surface area contributed by atoms with Crippen LogP contribution in [0.25, 0.3) is 0 Å². The van der Waals surface area contributed by atoms with Crippen molar-refractivity contribution >= 4 is 17.6 Å². The van der Waals surface area contributed by atoms with E-state index in [1.54, 1.807) is 6.07 Å². The number of hydrogen-bond acceptors (Lipinski definition) is 5. The highest BCUT2D eigenvalue weighted by Crippen LogP contribution is 2.26. The Kier molecular flexibility index (Phi) is 4.06. The Morgan fingerprint density at radius 2 is 2.24 bits per heavy atom. The number of non-ortho nitro benzene ring substituents is 1. The Labute approximate surface area is 120 Å². The van der Waals surface area contributed by atoms with Gasteiger partial charge in [0.25, 0.3) is 5.69 Å². The molecule has 1 aromatic rings. The molecule has 1 N–H and O–H groups in total. The van der Waals surface area contributed by atoms with E-state index < -0.39 is 16.9 Å². The van der Waals surface area contributed by atoms with E-state index in [9.17, 15) is 19.7 Å². The number of nitrogens with zero attached hydrogens (tertiary/aromatic N) is 2. The van der Waals surface area contributed by atoms with Gasteiger partial charge in [-0.2, -0.15) is 0 Å². The number of amides is 1. The SMILES string of the molecule is COc1cc(CN2C(=O)CCC2C(=O)O)cc([N+](=O)[O-])c1. The van der Waals surface area contributed by atoms with Crippen molar-refractivity contribution in [1.29, 1.82) is 0 Å². The minimum absolute atomic E-state index is 0.00778. The number of ether oxygens (including phenoxy) is 1. The first-order chi connectivity index (χ1) is 9.92. The fourth-order valence-corrected chi connectivity index (χ4v) is 2.34. The van der Waals surface area contributed by atoms with Crippen molar-refractivity contribution in [2.75, 3.05) is 7.11 Å². The minimum atomic E-state index is -1.07. The van der Waals surface area contributed by atoms with Gasteiger partial charge in [0.05, 0.1) is 18.1 Å². The zero-order chi connectivity index (χ0) is 15.6. The number of nitro benzene ring substituents is 1. The van der Waals surface area contributed by atoms with Gasteiger partial charge in [0.1, 0.15) is 11.8 Å². The van der Waals surface area contributed by atoms with E-state index in [2.05, 4.69) is 0 Å². The van der Waals surface area contributed by atoms with Gasteiger partial charge in [-0.1, -0.05) is 0 Å². The Balaban J connectivity index is 2.29. The van der Waals surface area contributed by atoms with Crippen LogP contribution in [-0.2, 0) is 16.1 Å². The van der Waals surface area contributed by atoms with Crippen LogP contribution in [0.4, 0.5) is 5.69 Å². The molecule has 1 saturated heterocycles. The number of carbonyl (C=O) groups excluding carboxylic acids is 1. The molecule has 1 aromatic carbocycles. The van der Waals surface area contributed by atoms with Gasteiger partial charge in [0.15, 0.2) is 0 Å². The highest BCUT2D eigenvalue weighted by atomic mass is 16.6. The monoisotopic (exact) mass is 294 g/mol. The lowest BCUT2D eigenvalue weighted by molar-refractivity contribution is -0.385. The van der Waals surface area contributed by atoms with Crippen molar-refractivity contribution in [3.05, 3.63) is 33.9 Å². The number of rotatable bonds is 5. The average Bonchev–Trinajstić information content (AvgIpc) is 2.80. The van der Waals surface area contributed by atoms with Crippen LogP contribution in [0.2, 0.25) is 0 Å². The van der Waals surface area contributed by atoms with Crippen LogP contribution in [0.3, 0.4) is 0 Å². The fraction of sp³-hybridized carbons (Fsp3) is 0.385. The Morgan fingerprint density at radius 3 is 2.81 bits per heavy atom. The third-order valence-corrected chi connectivity index (χ3v) is 3.36. The molecule has 1 amide bonds. The normalized spacial score (nSPS) is 17.9. The predicted octanol–water partition coefficient (Wildman–Crippen LogP) is 1.18. The first-order valence-electron chi connectivity index (χ1n) is 6.27. The zero-order valence-electron chi connectivity index (χ0n) is 11.3. The number of carboxylic acids is 1. The molecule has 0 spiro atoms. The molecule has 0 radical (unpaired) electrons. The van der Waals surface area contributed by atoms with E-state index in [1.807, 2.05) is 0 Å². The van der Waals surface area contributed by atoms with Gasteiger partial charge in [-0.25, -0.2) is 4.79 Å². The van der Waals surface area contributed by atoms with Crippen LogP contribution < -0.4 is 4.74 Å². The quantitative estimate of drug-likeness (QED) is 0.645. The Hall–Kier alpha value is -2.64. The fourth-order valence-electron chi connectivity index (χ4n) is 2.34. The molecule has 1 fully saturated rings. The topological polar surface area (TPSA) is 110 Å². The molecule has 1 aliphatic heterocycles. The van der Waals surface area contributed by atoms with E-state index in [4.69, 9.17) is 9.84 Å². The predicted molar refractivity (Wildman–Crippen MR) is 70.9 cm³/mol. The van der Waals surface area contributed by atoms with E-state index in [1.165, 1.54) is 24.1 Å². The molecule has 21 heavy (non-hydrogen) atoms. The molecule has 1 aliphatic rings. The summed E-state index contributed by atoms with van der Waals surface area (Å²) in [4.78, 5) is 34.4. The van der Waals surface area contributed by atoms with Gasteiger partial charge in [-0.3, -0.25) is 14.9 Å². The first-order valence-corrected chi connectivity index (χ1v) is 6.27. The molecule has 112 valence electrons. The largest absolute Gasteiger partial charge is 0.496 e. The maximum absolute atomic E-state index is 11.8. The van der Waals surface area contributed by atoms with Crippen LogP contribution in [-0.4, -0.2) is 40.0 Å². The van der Waals surface area contributed by atoms with Crippen LogP contribution >= 0.6 is 0 Å². The average molecular weight is 294 g/mol. The van der Waals surface area contributed by atoms with Gasteiger partial charge in [-0.15, -0.1) is 0 Å². The lowest BCUT2D eigenvalue weighted by Gasteiger charge is -2.21. The summed E-state index contributed by atoms with van der Waals surface area (Å²) < 4.78 is 4.99. The molecule has 0 bridgehead atoms. The molecule has 0 saturated carbocycles. The third kappa shape index (κ3) is 3.10. The Morgan fingerprint density at radius 1 is 1.52 bits per heavy atom. The number of benzene rings is 1. The highest BCUT2D eigenvalue weighted by molar-refractivity contribution is 5.87. The number of likely N-dealkylation sites (tertiary alicyclic amines) is 1. The zero-order valence-corrected chi connectivity index (χ0v) is 11.3. The highest BCUT2D eigenvalue weighted by Gasteiger charge is 2.36. The standard InChI is InChI=1S/C13H14N2O6/c1-21-10-5-8(4-9(6-10)15(19)20)7-14-11(13(17)18)2-3-12(14)16/h4-6,11H,2-3,7H2,1H3,(H,17,18). The summed E-state index contributed by atoms with van der Waals surface area (Å²) in [6, 6.07) is 3.25. The number of carboxylic acid groups (broad SMARTS) is 1. The van der Waals surface area contributed by atoms with Crippen molar-refractivity contribution in [2.24, 2.45) is 0 Å². The van der Waals surface area contributed by atoms with Crippen LogP contribution in [0.15, 0.2) is 18.2 Å². The van der Waals surface area contributed by atoms with E-state index in [0.29, 0.717) is 5.56 Å². The Bertz CT molecular complexity index is 600. The van der Waals surface area contributed by atoms with Gasteiger partial charge >= 0.3 is 5.97 Å². The lowest BCUT2D eigenvalue weighted by atomic mass is 10.1. The minimum Gasteiger partial charge on any atom is -0.496 e. The summed E-state index contributed by atoms with van der Waals surface area (Å²) in [6.07, 6.45) is 0.420. The number of carbonyl (C=O) groups is 2. The number of aliphatic carboxylic acids is 1. The van der Waals surface area contributed by atoms with Crippen molar-refractivity contribution in [2.45, 2.75) is 25.4 Å². The molecule has 0 aliphatic carbocycles. The summed E-state index contributed by atoms with van der Waals surface area (Å²) in [7, 11) is 1.38. The van der Waals surface area contributed by atoms with E-state index >= 15 is 0 Å². The maximum atomic E-state index is 11.8. The second-order valence-corrected chi connectivity index (χ2v) is 4.71. The summed E-state index contributed by atoms with van der Waals surface area (Å²) in [5.74, 6) is -1.05. The van der Waals surface area contributed by atoms with E-state index in [-0.39, 0.29) is 36.7 Å². The molecule has 8 nitrogen and oxygen atoms in total. The summed E-state index contributed by atoms with van der Waals surface area (Å²) >= 11 is 0. The second kappa shape index (κ2) is 5.78. The van der Waals surface area contributed by atoms with Crippen molar-refractivity contribution < 1.29 is 24.4 Å². The maximum Gasteiger partial charge on any atom is 0.326 e. The van der Waals surface area contributed by atoms with Crippen molar-refractivity contribution in [3.8, 4) is 5.75 Å². The number of methoxy groups -OCH3 is 1. The molecule has 8 heteroatoms. The molecule has 2 rings (SSSR count). The van der Waals surface area contributed by atoms with Crippen LogP contribution in [0.5, 0.6) is 5.75 Å². The third-order valence-electron chi connectivity index (χ3n) is 3.36. The van der Waals surface area contributed by atoms with Gasteiger partial charge in [-0.05, 0) is 18.1 Å². The van der Waals surface area contributed by atoms with Gasteiger partial charge in [0, 0.05) is 19.0 Å². The number of nitro groups is 1. The molecule has 0 aromatic heterocycles. The molecule has 1 atom stereocenters. The van der Waals surface area contributed by atoms with Gasteiger partial charge in [0.2, 0.25) is 5.91 Å². The first kappa shape index (κ1) is 14.8. The summed E-state index contributed by atoms with van der Waals surface area (Å²) in [5.41, 5.74) is 0.297. The van der Waals surface area contributed by atoms with Crippen LogP contribution in [0, 0.1) is 10.1 Å². The molecule has 1 heterocycles. The molecule has 1 unspecified atom stereocenters. The van der Waals surface area contributed by atoms with Crippen LogP contribution in [0.1, 0.15) is 18.4 Å². The summed E-state index contributed by atoms with van der Waals surface area (Å²) in [6.45, 7) is 0.00778. The number of hydrogen-bond donors (Lipinski definition) is 1. The van der Waals surface area contributed by atoms with Crippen molar-refractivity contribution in [3.63, 3.8) is 0 Å². The molecular weight excluding hydrogens is 280 g/mol. The van der Waals surface area contributed by atoms with Gasteiger partial charge < -0.3 is 14.7 Å². The lowest BCUT2D eigenvalue weighted by Crippen LogP contribution is -2.37. The summed E-state index contributed by atoms with van der Waals surface area (Å²) in [5, 5.41) is 20.0. The van der Waals surface area contributed by atoms with Crippen molar-refractivity contribution in [1.82, 2.24) is 4.90 Å². The second-order valence-electron chi connectivity index (χ2n) is 4.71.